The number of rotatable bonds is 3. The van der Waals surface area contributed by atoms with Crippen molar-refractivity contribution in [1.29, 1.82) is 0 Å². The highest BCUT2D eigenvalue weighted by Gasteiger charge is 2.43. The molecule has 2 aromatic rings. The smallest absolute Gasteiger partial charge is 0.320 e. The molecule has 1 aromatic carbocycles. The van der Waals surface area contributed by atoms with Crippen LogP contribution in [0.5, 0.6) is 0 Å². The molecule has 2 aliphatic rings. The number of carboxylic acid groups (broad SMARTS) is 1. The summed E-state index contributed by atoms with van der Waals surface area (Å²) in [4.78, 5) is 17.6. The van der Waals surface area contributed by atoms with E-state index in [-0.39, 0.29) is 5.82 Å². The van der Waals surface area contributed by atoms with Gasteiger partial charge in [0.05, 0.1) is 5.52 Å². The number of hydrogen-bond donors (Lipinski definition) is 1. The second-order valence-electron chi connectivity index (χ2n) is 7.22. The highest BCUT2D eigenvalue weighted by Crippen LogP contribution is 2.47. The van der Waals surface area contributed by atoms with Gasteiger partial charge >= 0.3 is 5.97 Å². The minimum Gasteiger partial charge on any atom is -0.480 e. The Balaban J connectivity index is 1.56. The summed E-state index contributed by atoms with van der Waals surface area (Å²) in [6.45, 7) is 3.47. The molecule has 0 amide bonds. The molecular weight excluding hydrogens is 307 g/mol. The zero-order valence-electron chi connectivity index (χ0n) is 13.7. The lowest BCUT2D eigenvalue weighted by Gasteiger charge is -2.23. The average Bonchev–Trinajstić information content (AvgIpc) is 3.12. The van der Waals surface area contributed by atoms with Crippen LogP contribution in [-0.2, 0) is 4.79 Å². The van der Waals surface area contributed by atoms with E-state index in [1.165, 1.54) is 11.6 Å². The van der Waals surface area contributed by atoms with Gasteiger partial charge in [-0.3, -0.25) is 14.7 Å². The number of nitrogens with zero attached hydrogens (tertiary/aromatic N) is 2. The molecule has 0 spiro atoms. The Morgan fingerprint density at radius 2 is 2.00 bits per heavy atom. The second-order valence-corrected chi connectivity index (χ2v) is 7.22. The number of fused-ring (bicyclic) bond motifs is 2. The summed E-state index contributed by atoms with van der Waals surface area (Å²) in [5.74, 6) is 0.509. The monoisotopic (exact) mass is 328 g/mol. The van der Waals surface area contributed by atoms with Crippen LogP contribution in [0.15, 0.2) is 30.5 Å². The van der Waals surface area contributed by atoms with Gasteiger partial charge in [-0.2, -0.15) is 0 Å². The minimum atomic E-state index is -0.748. The van der Waals surface area contributed by atoms with E-state index < -0.39 is 12.0 Å². The lowest BCUT2D eigenvalue weighted by Crippen LogP contribution is -2.37. The predicted molar refractivity (Wildman–Crippen MR) is 89.3 cm³/mol. The van der Waals surface area contributed by atoms with Crippen molar-refractivity contribution in [3.63, 3.8) is 0 Å². The molecular formula is C19H21FN2O2. The van der Waals surface area contributed by atoms with Crippen molar-refractivity contribution in [2.75, 3.05) is 13.1 Å². The number of benzene rings is 1. The molecule has 0 radical (unpaired) electrons. The Labute approximate surface area is 140 Å². The highest BCUT2D eigenvalue weighted by molar-refractivity contribution is 5.82. The maximum Gasteiger partial charge on any atom is 0.320 e. The highest BCUT2D eigenvalue weighted by atomic mass is 19.1. The molecule has 2 fully saturated rings. The Morgan fingerprint density at radius 1 is 1.29 bits per heavy atom. The van der Waals surface area contributed by atoms with Crippen LogP contribution in [0.4, 0.5) is 4.39 Å². The normalized spacial score (nSPS) is 28.2. The third kappa shape index (κ3) is 2.57. The van der Waals surface area contributed by atoms with Gasteiger partial charge in [0.25, 0.3) is 0 Å². The molecule has 1 N–H and O–H groups in total. The quantitative estimate of drug-likeness (QED) is 0.939. The van der Waals surface area contributed by atoms with Crippen LogP contribution < -0.4 is 0 Å². The van der Waals surface area contributed by atoms with E-state index in [4.69, 9.17) is 0 Å². The summed E-state index contributed by atoms with van der Waals surface area (Å²) in [6, 6.07) is 6.38. The molecule has 1 aliphatic heterocycles. The van der Waals surface area contributed by atoms with Crippen LogP contribution in [-0.4, -0.2) is 40.1 Å². The van der Waals surface area contributed by atoms with Crippen LogP contribution in [0, 0.1) is 17.7 Å². The molecule has 1 saturated carbocycles. The number of hydrogen-bond acceptors (Lipinski definition) is 3. The largest absolute Gasteiger partial charge is 0.480 e. The van der Waals surface area contributed by atoms with E-state index in [2.05, 4.69) is 9.88 Å². The SMILES string of the molecule is CC(C(=O)O)N1C[C@H]2C[C@@H](c3ccnc4ccc(F)cc34)C[C@H]2C1. The van der Waals surface area contributed by atoms with E-state index in [9.17, 15) is 14.3 Å². The predicted octanol–water partition coefficient (Wildman–Crippen LogP) is 3.27. The summed E-state index contributed by atoms with van der Waals surface area (Å²) in [5, 5.41) is 10.1. The van der Waals surface area contributed by atoms with Gasteiger partial charge in [0, 0.05) is 24.7 Å². The van der Waals surface area contributed by atoms with Crippen LogP contribution in [0.1, 0.15) is 31.2 Å². The molecule has 5 heteroatoms. The molecule has 4 atom stereocenters. The van der Waals surface area contributed by atoms with E-state index in [0.717, 1.165) is 36.8 Å². The molecule has 1 unspecified atom stereocenters. The molecule has 4 nitrogen and oxygen atoms in total. The molecule has 24 heavy (non-hydrogen) atoms. The van der Waals surface area contributed by atoms with Gasteiger partial charge in [0.1, 0.15) is 11.9 Å². The van der Waals surface area contributed by atoms with E-state index >= 15 is 0 Å². The van der Waals surface area contributed by atoms with Gasteiger partial charge < -0.3 is 5.11 Å². The van der Waals surface area contributed by atoms with Gasteiger partial charge in [0.2, 0.25) is 0 Å². The summed E-state index contributed by atoms with van der Waals surface area (Å²) in [5.41, 5.74) is 2.03. The summed E-state index contributed by atoms with van der Waals surface area (Å²) < 4.78 is 13.7. The molecule has 0 bridgehead atoms. The summed E-state index contributed by atoms with van der Waals surface area (Å²) in [7, 11) is 0. The molecule has 126 valence electrons. The second kappa shape index (κ2) is 5.81. The fourth-order valence-corrected chi connectivity index (χ4v) is 4.56. The van der Waals surface area contributed by atoms with Gasteiger partial charge in [-0.05, 0) is 67.3 Å². The number of carbonyl (C=O) groups is 1. The Hall–Kier alpha value is -2.01. The van der Waals surface area contributed by atoms with Crippen molar-refractivity contribution < 1.29 is 14.3 Å². The first-order valence-corrected chi connectivity index (χ1v) is 8.54. The van der Waals surface area contributed by atoms with Crippen molar-refractivity contribution in [1.82, 2.24) is 9.88 Å². The maximum absolute atomic E-state index is 13.7. The fraction of sp³-hybridized carbons (Fsp3) is 0.474. The number of aliphatic carboxylic acids is 1. The van der Waals surface area contributed by atoms with Crippen molar-refractivity contribution in [2.45, 2.75) is 31.7 Å². The van der Waals surface area contributed by atoms with Gasteiger partial charge in [0.15, 0.2) is 0 Å². The molecule has 2 heterocycles. The van der Waals surface area contributed by atoms with Crippen LogP contribution >= 0.6 is 0 Å². The number of halogens is 1. The molecule has 1 aliphatic carbocycles. The van der Waals surface area contributed by atoms with Crippen molar-refractivity contribution in [2.24, 2.45) is 11.8 Å². The fourth-order valence-electron chi connectivity index (χ4n) is 4.56. The maximum atomic E-state index is 13.7. The van der Waals surface area contributed by atoms with Gasteiger partial charge in [-0.15, -0.1) is 0 Å². The number of pyridine rings is 1. The van der Waals surface area contributed by atoms with E-state index in [1.54, 1.807) is 19.1 Å². The number of likely N-dealkylation sites (tertiary alicyclic amines) is 1. The van der Waals surface area contributed by atoms with Crippen LogP contribution in [0.3, 0.4) is 0 Å². The topological polar surface area (TPSA) is 53.4 Å². The third-order valence-corrected chi connectivity index (χ3v) is 5.86. The first kappa shape index (κ1) is 15.5. The summed E-state index contributed by atoms with van der Waals surface area (Å²) in [6.07, 6.45) is 3.90. The average molecular weight is 328 g/mol. The standard InChI is InChI=1S/C19H21FN2O2/c1-11(19(23)24)22-9-13-6-12(7-14(13)10-22)16-4-5-21-18-3-2-15(20)8-17(16)18/h2-5,8,11-14H,6-7,9-10H2,1H3,(H,23,24)/t11?,12-,13-,14+. The first-order valence-electron chi connectivity index (χ1n) is 8.54. The lowest BCUT2D eigenvalue weighted by molar-refractivity contribution is -0.142. The van der Waals surface area contributed by atoms with E-state index in [1.807, 2.05) is 12.3 Å². The van der Waals surface area contributed by atoms with Crippen LogP contribution in [0.25, 0.3) is 10.9 Å². The molecule has 4 rings (SSSR count). The zero-order chi connectivity index (χ0) is 16.8. The Morgan fingerprint density at radius 3 is 2.67 bits per heavy atom. The zero-order valence-corrected chi connectivity index (χ0v) is 13.7. The Kier molecular flexibility index (Phi) is 3.76. The van der Waals surface area contributed by atoms with Gasteiger partial charge in [-0.1, -0.05) is 0 Å². The van der Waals surface area contributed by atoms with Crippen molar-refractivity contribution in [3.8, 4) is 0 Å². The van der Waals surface area contributed by atoms with Crippen molar-refractivity contribution in [3.05, 3.63) is 41.8 Å². The molecule has 1 saturated heterocycles. The minimum absolute atomic E-state index is 0.226. The molecule has 1 aromatic heterocycles. The first-order chi connectivity index (χ1) is 11.5. The number of aromatic nitrogens is 1. The lowest BCUT2D eigenvalue weighted by atomic mass is 9.93. The Bertz CT molecular complexity index is 780. The number of carboxylic acids is 1. The van der Waals surface area contributed by atoms with E-state index in [0.29, 0.717) is 17.8 Å². The van der Waals surface area contributed by atoms with Crippen LogP contribution in [0.2, 0.25) is 0 Å². The summed E-state index contributed by atoms with van der Waals surface area (Å²) >= 11 is 0. The van der Waals surface area contributed by atoms with Crippen molar-refractivity contribution >= 4 is 16.9 Å². The third-order valence-electron chi connectivity index (χ3n) is 5.86. The van der Waals surface area contributed by atoms with Gasteiger partial charge in [-0.25, -0.2) is 4.39 Å².